The first-order chi connectivity index (χ1) is 18.0. The maximum Gasteiger partial charge on any atom is 0.420 e. The van der Waals surface area contributed by atoms with Crippen molar-refractivity contribution in [3.8, 4) is 11.5 Å². The average molecular weight is 576 g/mol. The number of amides is 1. The average Bonchev–Trinajstić information content (AvgIpc) is 3.46. The van der Waals surface area contributed by atoms with Crippen LogP contribution in [0.3, 0.4) is 0 Å². The summed E-state index contributed by atoms with van der Waals surface area (Å²) in [4.78, 5) is 22.4. The van der Waals surface area contributed by atoms with Crippen LogP contribution in [0.5, 0.6) is 11.5 Å². The number of halogens is 5. The van der Waals surface area contributed by atoms with Crippen molar-refractivity contribution in [1.29, 1.82) is 0 Å². The summed E-state index contributed by atoms with van der Waals surface area (Å²) < 4.78 is 73.9. The summed E-state index contributed by atoms with van der Waals surface area (Å²) in [6.45, 7) is 0.204. The van der Waals surface area contributed by atoms with Crippen LogP contribution in [0.25, 0.3) is 10.3 Å². The zero-order chi connectivity index (χ0) is 27.3. The molecular formula is C21H18F5N7O3S2. The molecule has 17 heteroatoms. The van der Waals surface area contributed by atoms with E-state index < -0.39 is 30.5 Å². The lowest BCUT2D eigenvalue weighted by Crippen LogP contribution is -2.35. The van der Waals surface area contributed by atoms with E-state index in [1.165, 1.54) is 16.2 Å². The molecule has 0 unspecified atom stereocenters. The van der Waals surface area contributed by atoms with Gasteiger partial charge in [0, 0.05) is 13.0 Å². The lowest BCUT2D eigenvalue weighted by Gasteiger charge is -2.21. The van der Waals surface area contributed by atoms with Crippen LogP contribution >= 0.6 is 23.6 Å². The second-order valence-electron chi connectivity index (χ2n) is 7.84. The Bertz CT molecular complexity index is 1430. The summed E-state index contributed by atoms with van der Waals surface area (Å²) in [5.41, 5.74) is 0.701. The Hall–Kier alpha value is -3.73. The molecule has 0 aliphatic rings. The van der Waals surface area contributed by atoms with Gasteiger partial charge in [0.25, 0.3) is 0 Å². The second kappa shape index (κ2) is 11.3. The first-order valence-electron chi connectivity index (χ1n) is 10.9. The summed E-state index contributed by atoms with van der Waals surface area (Å²) in [5, 5.41) is 13.6. The molecule has 2 N–H and O–H groups in total. The zero-order valence-corrected chi connectivity index (χ0v) is 20.8. The smallest absolute Gasteiger partial charge is 0.420 e. The number of rotatable bonds is 10. The van der Waals surface area contributed by atoms with Gasteiger partial charge in [-0.25, -0.2) is 9.78 Å². The Morgan fingerprint density at radius 1 is 1.05 bits per heavy atom. The van der Waals surface area contributed by atoms with E-state index in [1.54, 1.807) is 12.1 Å². The Morgan fingerprint density at radius 3 is 2.47 bits per heavy atom. The predicted molar refractivity (Wildman–Crippen MR) is 128 cm³/mol. The van der Waals surface area contributed by atoms with E-state index in [1.807, 2.05) is 0 Å². The van der Waals surface area contributed by atoms with Crippen molar-refractivity contribution < 1.29 is 36.2 Å². The molecule has 0 fully saturated rings. The number of aromatic nitrogens is 6. The zero-order valence-electron chi connectivity index (χ0n) is 19.2. The summed E-state index contributed by atoms with van der Waals surface area (Å²) >= 11 is 6.37. The topological polar surface area (TPSA) is 122 Å². The number of hydrogen-bond acceptors (Lipinski definition) is 9. The third-order valence-electron chi connectivity index (χ3n) is 4.89. The molecule has 10 nitrogen and oxygen atoms in total. The number of pyridine rings is 1. The maximum atomic E-state index is 13.5. The minimum atomic E-state index is -5.11. The standard InChI is InChI=1S/C21H18F5N7O3S2/c22-20(23,24)11-21(25,26)36-13-6-4-12(5-7-13)35-19(34)33(10-2-1-3-15-29-31-32-30-15)16-9-8-14-17(28-16)38-18(37)27-14/h4-9H,1-3,10-11H2,(H,27,37)(H,29,30,31,32). The molecule has 0 saturated carbocycles. The monoisotopic (exact) mass is 575 g/mol. The number of aromatic amines is 2. The number of aryl methyl sites for hydroxylation is 1. The van der Waals surface area contributed by atoms with Gasteiger partial charge in [-0.1, -0.05) is 16.6 Å². The lowest BCUT2D eigenvalue weighted by molar-refractivity contribution is -0.255. The molecule has 0 bridgehead atoms. The molecular weight excluding hydrogens is 557 g/mol. The van der Waals surface area contributed by atoms with E-state index in [4.69, 9.17) is 17.0 Å². The van der Waals surface area contributed by atoms with Crippen LogP contribution in [0.4, 0.5) is 32.6 Å². The Morgan fingerprint density at radius 2 is 1.79 bits per heavy atom. The van der Waals surface area contributed by atoms with Gasteiger partial charge in [-0.15, -0.1) is 10.2 Å². The number of thiazole rings is 1. The van der Waals surface area contributed by atoms with E-state index in [9.17, 15) is 26.7 Å². The molecule has 3 heterocycles. The van der Waals surface area contributed by atoms with Gasteiger partial charge in [0.15, 0.2) is 9.78 Å². The first-order valence-corrected chi connectivity index (χ1v) is 12.2. The molecule has 0 spiro atoms. The van der Waals surface area contributed by atoms with Gasteiger partial charge in [-0.05, 0) is 61.5 Å². The highest BCUT2D eigenvalue weighted by atomic mass is 32.1. The second-order valence-corrected chi connectivity index (χ2v) is 9.51. The molecule has 38 heavy (non-hydrogen) atoms. The number of fused-ring (bicyclic) bond motifs is 1. The van der Waals surface area contributed by atoms with E-state index >= 15 is 0 Å². The minimum Gasteiger partial charge on any atom is -0.432 e. The minimum absolute atomic E-state index is 0.0448. The van der Waals surface area contributed by atoms with Gasteiger partial charge in [0.05, 0.1) is 5.52 Å². The van der Waals surface area contributed by atoms with E-state index in [2.05, 4.69) is 35.3 Å². The number of benzene rings is 1. The highest BCUT2D eigenvalue weighted by molar-refractivity contribution is 7.73. The van der Waals surface area contributed by atoms with Crippen LogP contribution < -0.4 is 14.4 Å². The summed E-state index contributed by atoms with van der Waals surface area (Å²) in [5.74, 6) is 0.239. The van der Waals surface area contributed by atoms with E-state index in [0.717, 1.165) is 24.3 Å². The number of nitrogens with one attached hydrogen (secondary N) is 2. The van der Waals surface area contributed by atoms with Crippen molar-refractivity contribution >= 4 is 45.8 Å². The molecule has 0 saturated heterocycles. The number of ether oxygens (including phenoxy) is 2. The molecule has 0 aliphatic carbocycles. The van der Waals surface area contributed by atoms with Gasteiger partial charge in [0.2, 0.25) is 0 Å². The number of tetrazole rings is 1. The number of alkyl halides is 5. The molecule has 3 aromatic heterocycles. The molecule has 1 aromatic carbocycles. The van der Waals surface area contributed by atoms with Crippen molar-refractivity contribution in [2.24, 2.45) is 0 Å². The molecule has 0 atom stereocenters. The third-order valence-corrected chi connectivity index (χ3v) is 6.04. The number of H-pyrrole nitrogens is 2. The van der Waals surface area contributed by atoms with Gasteiger partial charge in [-0.3, -0.25) is 4.90 Å². The van der Waals surface area contributed by atoms with Crippen LogP contribution in [-0.4, -0.2) is 55.5 Å². The quantitative estimate of drug-likeness (QED) is 0.138. The van der Waals surface area contributed by atoms with Crippen molar-refractivity contribution in [1.82, 2.24) is 30.6 Å². The molecule has 1 amide bonds. The Labute approximate surface area is 219 Å². The largest absolute Gasteiger partial charge is 0.432 e. The van der Waals surface area contributed by atoms with E-state index in [0.29, 0.717) is 45.2 Å². The van der Waals surface area contributed by atoms with Crippen LogP contribution in [0.15, 0.2) is 36.4 Å². The Kier molecular flexibility index (Phi) is 8.15. The lowest BCUT2D eigenvalue weighted by atomic mass is 10.2. The van der Waals surface area contributed by atoms with Crippen molar-refractivity contribution in [2.45, 2.75) is 38.0 Å². The highest BCUT2D eigenvalue weighted by Crippen LogP contribution is 2.34. The van der Waals surface area contributed by atoms with Crippen LogP contribution in [0.2, 0.25) is 0 Å². The fraction of sp³-hybridized carbons (Fsp3) is 0.333. The summed E-state index contributed by atoms with van der Waals surface area (Å²) in [6, 6.07) is 7.52. The number of nitrogens with zero attached hydrogens (tertiary/aromatic N) is 5. The molecule has 0 radical (unpaired) electrons. The van der Waals surface area contributed by atoms with Crippen LogP contribution in [-0.2, 0) is 6.42 Å². The summed E-state index contributed by atoms with van der Waals surface area (Å²) in [6.07, 6.45) is -11.2. The Balaban J connectivity index is 1.45. The van der Waals surface area contributed by atoms with Crippen molar-refractivity contribution in [3.63, 3.8) is 0 Å². The molecule has 0 aliphatic heterocycles. The number of hydrogen-bond donors (Lipinski definition) is 2. The fourth-order valence-corrected chi connectivity index (χ4v) is 4.34. The summed E-state index contributed by atoms with van der Waals surface area (Å²) in [7, 11) is 0. The number of carbonyl (C=O) groups is 1. The number of unbranched alkanes of at least 4 members (excludes halogenated alkanes) is 1. The molecule has 4 aromatic rings. The number of carbonyl (C=O) groups excluding carboxylic acids is 1. The van der Waals surface area contributed by atoms with Gasteiger partial charge in [-0.2, -0.15) is 27.2 Å². The van der Waals surface area contributed by atoms with Gasteiger partial charge < -0.3 is 14.5 Å². The first kappa shape index (κ1) is 27.3. The highest BCUT2D eigenvalue weighted by Gasteiger charge is 2.45. The van der Waals surface area contributed by atoms with Crippen LogP contribution in [0, 0.1) is 3.95 Å². The van der Waals surface area contributed by atoms with Crippen molar-refractivity contribution in [2.75, 3.05) is 11.4 Å². The molecule has 4 rings (SSSR count). The predicted octanol–water partition coefficient (Wildman–Crippen LogP) is 5.82. The SMILES string of the molecule is O=C(Oc1ccc(OC(F)(F)CC(F)(F)F)cc1)N(CCCCc1nn[nH]n1)c1ccc2[nH]c(=S)sc2n1. The van der Waals surface area contributed by atoms with Gasteiger partial charge >= 0.3 is 18.4 Å². The normalized spacial score (nSPS) is 12.0. The van der Waals surface area contributed by atoms with Crippen molar-refractivity contribution in [3.05, 3.63) is 46.2 Å². The third kappa shape index (κ3) is 7.64. The maximum absolute atomic E-state index is 13.5. The number of anilines is 1. The van der Waals surface area contributed by atoms with Crippen LogP contribution in [0.1, 0.15) is 25.1 Å². The van der Waals surface area contributed by atoms with Gasteiger partial charge in [0.1, 0.15) is 28.6 Å². The molecule has 202 valence electrons. The van der Waals surface area contributed by atoms with E-state index in [-0.39, 0.29) is 12.3 Å². The fourth-order valence-electron chi connectivity index (χ4n) is 3.29.